The SMILES string of the molecule is Cl.O=C(O)[C@]1(C(F)(F)F)CCCN1. The lowest BCUT2D eigenvalue weighted by atomic mass is 9.97. The molecule has 3 nitrogen and oxygen atoms in total. The minimum Gasteiger partial charge on any atom is -0.480 e. The normalized spacial score (nSPS) is 28.2. The van der Waals surface area contributed by atoms with E-state index in [1.807, 2.05) is 5.32 Å². The molecule has 1 heterocycles. The Kier molecular flexibility index (Phi) is 3.57. The van der Waals surface area contributed by atoms with Crippen molar-refractivity contribution in [3.8, 4) is 0 Å². The maximum atomic E-state index is 12.2. The smallest absolute Gasteiger partial charge is 0.417 e. The van der Waals surface area contributed by atoms with Crippen molar-refractivity contribution in [3.05, 3.63) is 0 Å². The third-order valence-corrected chi connectivity index (χ3v) is 2.00. The molecule has 1 fully saturated rings. The fourth-order valence-corrected chi connectivity index (χ4v) is 1.29. The number of rotatable bonds is 1. The molecule has 7 heteroatoms. The Morgan fingerprint density at radius 1 is 1.46 bits per heavy atom. The van der Waals surface area contributed by atoms with Gasteiger partial charge in [0.05, 0.1) is 0 Å². The Balaban J connectivity index is 0.00000144. The fraction of sp³-hybridized carbons (Fsp3) is 0.833. The molecular formula is C6H9ClF3NO2. The fourth-order valence-electron chi connectivity index (χ4n) is 1.29. The summed E-state index contributed by atoms with van der Waals surface area (Å²) in [4.78, 5) is 10.4. The van der Waals surface area contributed by atoms with E-state index in [0.717, 1.165) is 0 Å². The van der Waals surface area contributed by atoms with Crippen molar-refractivity contribution in [3.63, 3.8) is 0 Å². The summed E-state index contributed by atoms with van der Waals surface area (Å²) in [5, 5.41) is 10.4. The van der Waals surface area contributed by atoms with Crippen LogP contribution >= 0.6 is 12.4 Å². The lowest BCUT2D eigenvalue weighted by molar-refractivity contribution is -0.206. The molecular weight excluding hydrogens is 211 g/mol. The van der Waals surface area contributed by atoms with Crippen LogP contribution < -0.4 is 5.32 Å². The van der Waals surface area contributed by atoms with Crippen molar-refractivity contribution in [1.29, 1.82) is 0 Å². The Hall–Kier alpha value is -0.490. The number of carbonyl (C=O) groups is 1. The van der Waals surface area contributed by atoms with E-state index in [1.54, 1.807) is 0 Å². The Morgan fingerprint density at radius 2 is 2.00 bits per heavy atom. The zero-order valence-electron chi connectivity index (χ0n) is 6.52. The molecule has 0 saturated carbocycles. The molecule has 0 bridgehead atoms. The van der Waals surface area contributed by atoms with Crippen LogP contribution in [0, 0.1) is 0 Å². The van der Waals surface area contributed by atoms with Gasteiger partial charge in [0.25, 0.3) is 0 Å². The molecule has 1 saturated heterocycles. The van der Waals surface area contributed by atoms with E-state index < -0.39 is 17.7 Å². The molecule has 2 N–H and O–H groups in total. The minimum atomic E-state index is -4.71. The second kappa shape index (κ2) is 3.71. The van der Waals surface area contributed by atoms with E-state index >= 15 is 0 Å². The van der Waals surface area contributed by atoms with E-state index in [0.29, 0.717) is 0 Å². The second-order valence-corrected chi connectivity index (χ2v) is 2.74. The first kappa shape index (κ1) is 12.5. The standard InChI is InChI=1S/C6H8F3NO2.ClH/c7-6(8,9)5(4(11)12)2-1-3-10-5;/h10H,1-3H2,(H,11,12);1H/t5-;/m0./s1. The van der Waals surface area contributed by atoms with Gasteiger partial charge >= 0.3 is 12.1 Å². The molecule has 0 aromatic rings. The average molecular weight is 220 g/mol. The summed E-state index contributed by atoms with van der Waals surface area (Å²) in [5.41, 5.74) is -2.70. The Morgan fingerprint density at radius 3 is 2.15 bits per heavy atom. The highest BCUT2D eigenvalue weighted by atomic mass is 35.5. The van der Waals surface area contributed by atoms with Crippen LogP contribution in [0.2, 0.25) is 0 Å². The number of carboxylic acids is 1. The van der Waals surface area contributed by atoms with Gasteiger partial charge in [0, 0.05) is 0 Å². The maximum Gasteiger partial charge on any atom is 0.417 e. The number of halogens is 4. The quantitative estimate of drug-likeness (QED) is 0.696. The molecule has 0 spiro atoms. The minimum absolute atomic E-state index is 0. The van der Waals surface area contributed by atoms with Gasteiger partial charge in [-0.25, -0.2) is 4.79 Å². The first-order valence-corrected chi connectivity index (χ1v) is 3.45. The van der Waals surface area contributed by atoms with Crippen LogP contribution in [-0.2, 0) is 4.79 Å². The van der Waals surface area contributed by atoms with E-state index in [9.17, 15) is 18.0 Å². The Labute approximate surface area is 78.7 Å². The first-order valence-electron chi connectivity index (χ1n) is 3.45. The zero-order valence-corrected chi connectivity index (χ0v) is 7.34. The molecule has 13 heavy (non-hydrogen) atoms. The van der Waals surface area contributed by atoms with Gasteiger partial charge in [0.1, 0.15) is 0 Å². The highest BCUT2D eigenvalue weighted by Crippen LogP contribution is 2.37. The molecule has 0 aliphatic carbocycles. The molecule has 1 atom stereocenters. The Bertz CT molecular complexity index is 201. The predicted octanol–water partition coefficient (Wildman–Crippen LogP) is 1.18. The van der Waals surface area contributed by atoms with Crippen molar-refractivity contribution in [2.24, 2.45) is 0 Å². The zero-order chi connectivity index (χ0) is 9.41. The lowest BCUT2D eigenvalue weighted by Gasteiger charge is -2.26. The van der Waals surface area contributed by atoms with Gasteiger partial charge in [-0.15, -0.1) is 12.4 Å². The summed E-state index contributed by atoms with van der Waals surface area (Å²) in [6, 6.07) is 0. The van der Waals surface area contributed by atoms with Crippen molar-refractivity contribution < 1.29 is 23.1 Å². The third-order valence-electron chi connectivity index (χ3n) is 2.00. The molecule has 0 aromatic carbocycles. The molecule has 0 amide bonds. The molecule has 1 rings (SSSR count). The van der Waals surface area contributed by atoms with Crippen molar-refractivity contribution in [2.75, 3.05) is 6.54 Å². The summed E-state index contributed by atoms with van der Waals surface area (Å²) in [6.45, 7) is 0.103. The van der Waals surface area contributed by atoms with Crippen molar-refractivity contribution in [2.45, 2.75) is 24.6 Å². The van der Waals surface area contributed by atoms with Crippen LogP contribution in [-0.4, -0.2) is 29.3 Å². The summed E-state index contributed by atoms with van der Waals surface area (Å²) >= 11 is 0. The van der Waals surface area contributed by atoms with E-state index in [1.165, 1.54) is 0 Å². The highest BCUT2D eigenvalue weighted by molar-refractivity contribution is 5.85. The van der Waals surface area contributed by atoms with Gasteiger partial charge in [-0.3, -0.25) is 5.32 Å². The number of hydrogen-bond donors (Lipinski definition) is 2. The third kappa shape index (κ3) is 1.88. The van der Waals surface area contributed by atoms with E-state index in [-0.39, 0.29) is 31.8 Å². The summed E-state index contributed by atoms with van der Waals surface area (Å²) in [7, 11) is 0. The van der Waals surface area contributed by atoms with Gasteiger partial charge in [-0.2, -0.15) is 13.2 Å². The molecule has 0 unspecified atom stereocenters. The van der Waals surface area contributed by atoms with Gasteiger partial charge < -0.3 is 5.11 Å². The topological polar surface area (TPSA) is 49.3 Å². The van der Waals surface area contributed by atoms with Crippen LogP contribution in [0.15, 0.2) is 0 Å². The molecule has 1 aliphatic rings. The summed E-state index contributed by atoms with van der Waals surface area (Å²) in [6.07, 6.45) is -4.85. The van der Waals surface area contributed by atoms with E-state index in [4.69, 9.17) is 5.11 Å². The van der Waals surface area contributed by atoms with Crippen LogP contribution in [0.25, 0.3) is 0 Å². The number of alkyl halides is 3. The van der Waals surface area contributed by atoms with E-state index in [2.05, 4.69) is 0 Å². The first-order chi connectivity index (χ1) is 5.40. The molecule has 0 aromatic heterocycles. The molecule has 78 valence electrons. The van der Waals surface area contributed by atoms with Crippen LogP contribution in [0.5, 0.6) is 0 Å². The molecule has 1 aliphatic heterocycles. The number of nitrogens with one attached hydrogen (secondary N) is 1. The van der Waals surface area contributed by atoms with Crippen molar-refractivity contribution >= 4 is 18.4 Å². The number of hydrogen-bond acceptors (Lipinski definition) is 2. The van der Waals surface area contributed by atoms with Gasteiger partial charge in [-0.1, -0.05) is 0 Å². The van der Waals surface area contributed by atoms with Gasteiger partial charge in [-0.05, 0) is 19.4 Å². The summed E-state index contributed by atoms with van der Waals surface area (Å²) < 4.78 is 36.7. The highest BCUT2D eigenvalue weighted by Gasteiger charge is 2.61. The van der Waals surface area contributed by atoms with Crippen LogP contribution in [0.1, 0.15) is 12.8 Å². The van der Waals surface area contributed by atoms with Crippen molar-refractivity contribution in [1.82, 2.24) is 5.32 Å². The number of aliphatic carboxylic acids is 1. The number of carboxylic acid groups (broad SMARTS) is 1. The van der Waals surface area contributed by atoms with Gasteiger partial charge in [0.15, 0.2) is 0 Å². The monoisotopic (exact) mass is 219 g/mol. The lowest BCUT2D eigenvalue weighted by Crippen LogP contribution is -2.58. The van der Waals surface area contributed by atoms with Gasteiger partial charge in [0.2, 0.25) is 5.54 Å². The largest absolute Gasteiger partial charge is 0.480 e. The maximum absolute atomic E-state index is 12.2. The molecule has 0 radical (unpaired) electrons. The predicted molar refractivity (Wildman–Crippen MR) is 40.9 cm³/mol. The van der Waals surface area contributed by atoms with Crippen LogP contribution in [0.4, 0.5) is 13.2 Å². The van der Waals surface area contributed by atoms with Crippen LogP contribution in [0.3, 0.4) is 0 Å². The summed E-state index contributed by atoms with van der Waals surface area (Å²) in [5.74, 6) is -1.84. The average Bonchev–Trinajstić information content (AvgIpc) is 2.31. The second-order valence-electron chi connectivity index (χ2n) is 2.74.